The molecule has 0 rings (SSSR count). The molecule has 0 fully saturated rings. The fourth-order valence-corrected chi connectivity index (χ4v) is 2.37. The van der Waals surface area contributed by atoms with Crippen LogP contribution in [-0.2, 0) is 28.8 Å². The monoisotopic (exact) mass is 432 g/mol. The van der Waals surface area contributed by atoms with E-state index in [1.807, 2.05) is 0 Å². The Morgan fingerprint density at radius 3 is 1.67 bits per heavy atom. The van der Waals surface area contributed by atoms with Gasteiger partial charge in [0.1, 0.15) is 18.1 Å². The summed E-state index contributed by atoms with van der Waals surface area (Å²) in [7, 11) is 0. The normalized spacial score (nSPS) is 13.6. The van der Waals surface area contributed by atoms with E-state index in [4.69, 9.17) is 21.1 Å². The predicted molar refractivity (Wildman–Crippen MR) is 101 cm³/mol. The summed E-state index contributed by atoms with van der Waals surface area (Å²) in [5.41, 5.74) is 5.19. The molecule has 0 aliphatic heterocycles. The van der Waals surface area contributed by atoms with Crippen molar-refractivity contribution in [2.45, 2.75) is 57.7 Å². The highest BCUT2D eigenvalue weighted by molar-refractivity contribution is 5.94. The van der Waals surface area contributed by atoms with Gasteiger partial charge in [0.15, 0.2) is 0 Å². The Morgan fingerprint density at radius 2 is 1.27 bits per heavy atom. The van der Waals surface area contributed by atoms with Crippen LogP contribution >= 0.6 is 0 Å². The summed E-state index contributed by atoms with van der Waals surface area (Å²) in [5.74, 6) is -6.79. The van der Waals surface area contributed by atoms with E-state index in [1.54, 1.807) is 13.8 Å². The fourth-order valence-electron chi connectivity index (χ4n) is 2.37. The lowest BCUT2D eigenvalue weighted by molar-refractivity contribution is -0.143. The first-order valence-corrected chi connectivity index (χ1v) is 9.15. The van der Waals surface area contributed by atoms with Crippen LogP contribution in [-0.4, -0.2) is 75.6 Å². The average Bonchev–Trinajstić information content (AvgIpc) is 2.64. The van der Waals surface area contributed by atoms with Crippen LogP contribution in [0.3, 0.4) is 0 Å². The van der Waals surface area contributed by atoms with Gasteiger partial charge in [-0.05, 0) is 18.8 Å². The molecule has 8 N–H and O–H groups in total. The zero-order valence-electron chi connectivity index (χ0n) is 16.7. The van der Waals surface area contributed by atoms with Crippen LogP contribution in [0.1, 0.15) is 39.5 Å². The Kier molecular flexibility index (Phi) is 11.7. The van der Waals surface area contributed by atoms with Gasteiger partial charge in [-0.1, -0.05) is 13.8 Å². The van der Waals surface area contributed by atoms with Crippen LogP contribution in [0.15, 0.2) is 0 Å². The summed E-state index contributed by atoms with van der Waals surface area (Å²) in [4.78, 5) is 69.2. The first kappa shape index (κ1) is 26.8. The lowest BCUT2D eigenvalue weighted by atomic mass is 10.0. The number of carbonyl (C=O) groups is 6. The average molecular weight is 432 g/mol. The van der Waals surface area contributed by atoms with Gasteiger partial charge in [0.05, 0.1) is 6.54 Å². The van der Waals surface area contributed by atoms with E-state index in [0.717, 1.165) is 0 Å². The third kappa shape index (κ3) is 10.4. The largest absolute Gasteiger partial charge is 0.481 e. The molecular formula is C17H28N4O9. The lowest BCUT2D eigenvalue weighted by Crippen LogP contribution is -2.57. The molecule has 0 heterocycles. The molecule has 0 radical (unpaired) electrons. The summed E-state index contributed by atoms with van der Waals surface area (Å²) in [6.07, 6.45) is -1.53. The van der Waals surface area contributed by atoms with Crippen LogP contribution in [0, 0.1) is 5.92 Å². The van der Waals surface area contributed by atoms with Crippen molar-refractivity contribution >= 4 is 35.6 Å². The Balaban J connectivity index is 5.30. The molecule has 3 unspecified atom stereocenters. The Morgan fingerprint density at radius 1 is 0.767 bits per heavy atom. The van der Waals surface area contributed by atoms with Crippen molar-refractivity contribution in [3.05, 3.63) is 0 Å². The zero-order chi connectivity index (χ0) is 23.4. The second kappa shape index (κ2) is 13.1. The van der Waals surface area contributed by atoms with Gasteiger partial charge in [0.2, 0.25) is 17.7 Å². The van der Waals surface area contributed by atoms with Crippen LogP contribution in [0.4, 0.5) is 0 Å². The highest BCUT2D eigenvalue weighted by Gasteiger charge is 2.31. The standard InChI is InChI=1S/C17H28N4O9/c1-8(2)14(16(28)20-10(17(29)30)4-6-13(25)26)21-15(27)9(3-5-12(23)24)19-11(22)7-18/h8-10,14H,3-7,18H2,1-2H3,(H,19,22)(H,20,28)(H,21,27)(H,23,24)(H,25,26)(H,29,30). The number of carboxylic acids is 3. The van der Waals surface area contributed by atoms with Gasteiger partial charge in [-0.25, -0.2) is 4.79 Å². The lowest BCUT2D eigenvalue weighted by Gasteiger charge is -2.26. The molecule has 3 amide bonds. The molecule has 13 nitrogen and oxygen atoms in total. The highest BCUT2D eigenvalue weighted by atomic mass is 16.4. The van der Waals surface area contributed by atoms with Crippen molar-refractivity contribution in [1.29, 1.82) is 0 Å². The number of hydrogen-bond donors (Lipinski definition) is 7. The van der Waals surface area contributed by atoms with Gasteiger partial charge in [-0.3, -0.25) is 24.0 Å². The Labute approximate surface area is 172 Å². The van der Waals surface area contributed by atoms with E-state index in [2.05, 4.69) is 16.0 Å². The molecule has 0 aromatic heterocycles. The molecule has 0 saturated carbocycles. The second-order valence-corrected chi connectivity index (χ2v) is 6.82. The number of amides is 3. The molecule has 0 saturated heterocycles. The van der Waals surface area contributed by atoms with E-state index in [1.165, 1.54) is 0 Å². The number of carbonyl (C=O) groups excluding carboxylic acids is 3. The van der Waals surface area contributed by atoms with E-state index in [9.17, 15) is 28.8 Å². The quantitative estimate of drug-likeness (QED) is 0.158. The summed E-state index contributed by atoms with van der Waals surface area (Å²) in [6, 6.07) is -3.97. The molecule has 0 aliphatic carbocycles. The minimum absolute atomic E-state index is 0.254. The minimum atomic E-state index is -1.48. The molecule has 0 aliphatic rings. The van der Waals surface area contributed by atoms with Crippen molar-refractivity contribution in [3.63, 3.8) is 0 Å². The number of rotatable bonds is 14. The maximum atomic E-state index is 12.5. The molecule has 170 valence electrons. The number of aliphatic carboxylic acids is 3. The number of nitrogens with two attached hydrogens (primary N) is 1. The molecule has 30 heavy (non-hydrogen) atoms. The van der Waals surface area contributed by atoms with Crippen molar-refractivity contribution in [2.24, 2.45) is 11.7 Å². The van der Waals surface area contributed by atoms with Gasteiger partial charge < -0.3 is 37.0 Å². The van der Waals surface area contributed by atoms with E-state index < -0.39 is 79.1 Å². The van der Waals surface area contributed by atoms with Crippen LogP contribution in [0.25, 0.3) is 0 Å². The van der Waals surface area contributed by atoms with Gasteiger partial charge in [0.25, 0.3) is 0 Å². The molecule has 0 aromatic carbocycles. The van der Waals surface area contributed by atoms with Gasteiger partial charge in [-0.2, -0.15) is 0 Å². The molecule has 3 atom stereocenters. The summed E-state index contributed by atoms with van der Waals surface area (Å²) >= 11 is 0. The molecule has 0 spiro atoms. The van der Waals surface area contributed by atoms with Crippen molar-refractivity contribution in [1.82, 2.24) is 16.0 Å². The van der Waals surface area contributed by atoms with E-state index in [-0.39, 0.29) is 12.8 Å². The van der Waals surface area contributed by atoms with Crippen LogP contribution in [0.2, 0.25) is 0 Å². The predicted octanol–water partition coefficient (Wildman–Crippen LogP) is -2.13. The Bertz CT molecular complexity index is 666. The minimum Gasteiger partial charge on any atom is -0.481 e. The molecule has 13 heteroatoms. The second-order valence-electron chi connectivity index (χ2n) is 6.82. The molecular weight excluding hydrogens is 404 g/mol. The highest BCUT2D eigenvalue weighted by Crippen LogP contribution is 2.07. The first-order valence-electron chi connectivity index (χ1n) is 9.15. The number of nitrogens with one attached hydrogen (secondary N) is 3. The van der Waals surface area contributed by atoms with E-state index in [0.29, 0.717) is 0 Å². The van der Waals surface area contributed by atoms with E-state index >= 15 is 0 Å². The Hall–Kier alpha value is -3.22. The summed E-state index contributed by atoms with van der Waals surface area (Å²) in [5, 5.41) is 33.5. The molecule has 0 aromatic rings. The van der Waals surface area contributed by atoms with Gasteiger partial charge >= 0.3 is 17.9 Å². The third-order valence-electron chi connectivity index (χ3n) is 3.99. The van der Waals surface area contributed by atoms with Crippen molar-refractivity contribution in [3.8, 4) is 0 Å². The molecule has 0 bridgehead atoms. The van der Waals surface area contributed by atoms with Gasteiger partial charge in [0, 0.05) is 12.8 Å². The topological polar surface area (TPSA) is 225 Å². The first-order chi connectivity index (χ1) is 13.9. The third-order valence-corrected chi connectivity index (χ3v) is 3.99. The van der Waals surface area contributed by atoms with Crippen LogP contribution in [0.5, 0.6) is 0 Å². The van der Waals surface area contributed by atoms with Crippen molar-refractivity contribution < 1.29 is 44.1 Å². The van der Waals surface area contributed by atoms with Crippen LogP contribution < -0.4 is 21.7 Å². The fraction of sp³-hybridized carbons (Fsp3) is 0.647. The number of hydrogen-bond acceptors (Lipinski definition) is 7. The maximum Gasteiger partial charge on any atom is 0.326 e. The maximum absolute atomic E-state index is 12.5. The van der Waals surface area contributed by atoms with Crippen molar-refractivity contribution in [2.75, 3.05) is 6.54 Å². The summed E-state index contributed by atoms with van der Waals surface area (Å²) in [6.45, 7) is 2.71. The van der Waals surface area contributed by atoms with Gasteiger partial charge in [-0.15, -0.1) is 0 Å². The number of carboxylic acid groups (broad SMARTS) is 3. The SMILES string of the molecule is CC(C)C(NC(=O)C(CCC(=O)O)NC(=O)CN)C(=O)NC(CCC(=O)O)C(=O)O. The zero-order valence-corrected chi connectivity index (χ0v) is 16.7. The smallest absolute Gasteiger partial charge is 0.326 e. The summed E-state index contributed by atoms with van der Waals surface area (Å²) < 4.78 is 0.